The minimum absolute atomic E-state index is 1.02. The van der Waals surface area contributed by atoms with E-state index in [1.807, 2.05) is 26.3 Å². The molecule has 1 heteroatoms. The first-order chi connectivity index (χ1) is 3.77. The second-order valence-electron chi connectivity index (χ2n) is 1.95. The summed E-state index contributed by atoms with van der Waals surface area (Å²) in [4.78, 5) is 4.00. The fourth-order valence-electron chi connectivity index (χ4n) is 0.307. The smallest absolute Gasteiger partial charge is 0.0250 e. The third kappa shape index (κ3) is 5.41. The van der Waals surface area contributed by atoms with Crippen LogP contribution in [0.2, 0.25) is 0 Å². The Hall–Kier alpha value is -0.590. The molecule has 0 unspecified atom stereocenters. The van der Waals surface area contributed by atoms with Crippen molar-refractivity contribution in [1.29, 1.82) is 0 Å². The average molecular weight is 111 g/mol. The summed E-state index contributed by atoms with van der Waals surface area (Å²) in [5.41, 5.74) is 1.25. The molecule has 46 valence electrons. The molecule has 0 aromatic rings. The Balaban J connectivity index is 3.42. The van der Waals surface area contributed by atoms with Crippen molar-refractivity contribution in [2.24, 2.45) is 4.99 Å². The van der Waals surface area contributed by atoms with E-state index >= 15 is 0 Å². The fraction of sp³-hybridized carbons (Fsp3) is 0.571. The zero-order valence-electron chi connectivity index (χ0n) is 5.81. The first-order valence-corrected chi connectivity index (χ1v) is 2.92. The maximum Gasteiger partial charge on any atom is 0.0250 e. The largest absolute Gasteiger partial charge is 0.269 e. The lowest BCUT2D eigenvalue weighted by atomic mass is 10.4. The Labute approximate surface area is 51.1 Å². The van der Waals surface area contributed by atoms with Crippen molar-refractivity contribution in [3.05, 3.63) is 11.8 Å². The molecule has 1 nitrogen and oxygen atoms in total. The molecule has 0 aliphatic rings. The van der Waals surface area contributed by atoms with Gasteiger partial charge in [0.15, 0.2) is 0 Å². The minimum atomic E-state index is 1.02. The second-order valence-corrected chi connectivity index (χ2v) is 1.95. The molecule has 0 aliphatic carbocycles. The van der Waals surface area contributed by atoms with Crippen molar-refractivity contribution in [1.82, 2.24) is 0 Å². The number of hydrogen-bond donors (Lipinski definition) is 0. The summed E-state index contributed by atoms with van der Waals surface area (Å²) in [6.07, 6.45) is 4.78. The monoisotopic (exact) mass is 111 g/mol. The molecular formula is C7H13N. The molecular weight excluding hydrogens is 98.1 g/mol. The van der Waals surface area contributed by atoms with Gasteiger partial charge in [-0.15, -0.1) is 0 Å². The second kappa shape index (κ2) is 4.57. The van der Waals surface area contributed by atoms with Gasteiger partial charge in [0.25, 0.3) is 0 Å². The molecule has 0 aromatic carbocycles. The maximum atomic E-state index is 4.00. The normalized spacial score (nSPS) is 9.88. The van der Waals surface area contributed by atoms with E-state index < -0.39 is 0 Å². The van der Waals surface area contributed by atoms with Crippen LogP contribution < -0.4 is 0 Å². The predicted octanol–water partition coefficient (Wildman–Crippen LogP) is 2.39. The lowest BCUT2D eigenvalue weighted by Crippen LogP contribution is -1.65. The van der Waals surface area contributed by atoms with E-state index in [2.05, 4.69) is 11.9 Å². The van der Waals surface area contributed by atoms with E-state index in [0.29, 0.717) is 0 Å². The van der Waals surface area contributed by atoms with Crippen LogP contribution >= 0.6 is 0 Å². The van der Waals surface area contributed by atoms with Crippen molar-refractivity contribution in [2.45, 2.75) is 27.2 Å². The van der Waals surface area contributed by atoms with Gasteiger partial charge >= 0.3 is 0 Å². The van der Waals surface area contributed by atoms with Crippen LogP contribution in [0.15, 0.2) is 16.8 Å². The zero-order chi connectivity index (χ0) is 6.41. The van der Waals surface area contributed by atoms with E-state index in [1.54, 1.807) is 0 Å². The molecule has 0 atom stereocenters. The third-order valence-electron chi connectivity index (χ3n) is 0.621. The molecule has 0 spiro atoms. The van der Waals surface area contributed by atoms with Gasteiger partial charge in [0, 0.05) is 12.4 Å². The molecule has 8 heavy (non-hydrogen) atoms. The van der Waals surface area contributed by atoms with Crippen LogP contribution in [-0.2, 0) is 0 Å². The Morgan fingerprint density at radius 1 is 1.50 bits per heavy atom. The molecule has 0 N–H and O–H groups in total. The Morgan fingerprint density at radius 3 is 2.50 bits per heavy atom. The van der Waals surface area contributed by atoms with Gasteiger partial charge in [-0.1, -0.05) is 12.5 Å². The minimum Gasteiger partial charge on any atom is -0.269 e. The van der Waals surface area contributed by atoms with E-state index in [-0.39, 0.29) is 0 Å². The van der Waals surface area contributed by atoms with Crippen LogP contribution in [0.5, 0.6) is 0 Å². The zero-order valence-corrected chi connectivity index (χ0v) is 5.81. The molecule has 0 rings (SSSR count). The Morgan fingerprint density at radius 2 is 2.12 bits per heavy atom. The van der Waals surface area contributed by atoms with E-state index in [1.165, 1.54) is 5.57 Å². The fourth-order valence-corrected chi connectivity index (χ4v) is 0.307. The summed E-state index contributed by atoms with van der Waals surface area (Å²) in [6.45, 7) is 6.14. The topological polar surface area (TPSA) is 12.4 Å². The summed E-state index contributed by atoms with van der Waals surface area (Å²) in [6, 6.07) is 0. The lowest BCUT2D eigenvalue weighted by molar-refractivity contribution is 1.29. The molecule has 0 aromatic heterocycles. The summed E-state index contributed by atoms with van der Waals surface area (Å²) < 4.78 is 0. The molecule has 0 amide bonds. The van der Waals surface area contributed by atoms with Crippen LogP contribution in [0.1, 0.15) is 27.2 Å². The van der Waals surface area contributed by atoms with Gasteiger partial charge < -0.3 is 0 Å². The summed E-state index contributed by atoms with van der Waals surface area (Å²) in [5.74, 6) is 0. The van der Waals surface area contributed by atoms with Crippen LogP contribution in [0.4, 0.5) is 0 Å². The molecule has 0 bridgehead atoms. The van der Waals surface area contributed by atoms with E-state index in [0.717, 1.165) is 6.42 Å². The molecule has 0 fully saturated rings. The number of aliphatic imine (C=N–C) groups is 1. The maximum absolute atomic E-state index is 4.00. The molecule has 0 aliphatic heterocycles. The first-order valence-electron chi connectivity index (χ1n) is 2.92. The lowest BCUT2D eigenvalue weighted by Gasteiger charge is -1.80. The van der Waals surface area contributed by atoms with Crippen molar-refractivity contribution < 1.29 is 0 Å². The highest BCUT2D eigenvalue weighted by atomic mass is 14.7. The van der Waals surface area contributed by atoms with Crippen LogP contribution in [0.3, 0.4) is 0 Å². The highest BCUT2D eigenvalue weighted by Gasteiger charge is 1.68. The average Bonchev–Trinajstić information content (AvgIpc) is 1.66. The quantitative estimate of drug-likeness (QED) is 0.485. The number of allylic oxidation sites excluding steroid dienone is 1. The van der Waals surface area contributed by atoms with Crippen molar-refractivity contribution in [3.63, 3.8) is 0 Å². The van der Waals surface area contributed by atoms with Crippen molar-refractivity contribution in [2.75, 3.05) is 0 Å². The highest BCUT2D eigenvalue weighted by molar-refractivity contribution is 5.57. The number of nitrogens with zero attached hydrogens (tertiary/aromatic N) is 1. The molecule has 0 saturated carbocycles. The third-order valence-corrected chi connectivity index (χ3v) is 0.621. The summed E-state index contributed by atoms with van der Waals surface area (Å²) >= 11 is 0. The Kier molecular flexibility index (Phi) is 4.23. The van der Waals surface area contributed by atoms with Gasteiger partial charge in [-0.05, 0) is 20.3 Å². The van der Waals surface area contributed by atoms with Crippen molar-refractivity contribution >= 4 is 6.21 Å². The van der Waals surface area contributed by atoms with Gasteiger partial charge in [0.2, 0.25) is 0 Å². The van der Waals surface area contributed by atoms with E-state index in [9.17, 15) is 0 Å². The van der Waals surface area contributed by atoms with Gasteiger partial charge in [0.1, 0.15) is 0 Å². The van der Waals surface area contributed by atoms with Crippen molar-refractivity contribution in [3.8, 4) is 0 Å². The summed E-state index contributed by atoms with van der Waals surface area (Å²) in [5, 5.41) is 0. The SMILES string of the molecule is CCC=NC=C(C)C. The number of hydrogen-bond acceptors (Lipinski definition) is 1. The van der Waals surface area contributed by atoms with E-state index in [4.69, 9.17) is 0 Å². The van der Waals surface area contributed by atoms with Crippen LogP contribution in [0, 0.1) is 0 Å². The van der Waals surface area contributed by atoms with Gasteiger partial charge in [-0.3, -0.25) is 4.99 Å². The van der Waals surface area contributed by atoms with Gasteiger partial charge in [0.05, 0.1) is 0 Å². The molecule has 0 radical (unpaired) electrons. The summed E-state index contributed by atoms with van der Waals surface area (Å²) in [7, 11) is 0. The van der Waals surface area contributed by atoms with Crippen LogP contribution in [0.25, 0.3) is 0 Å². The van der Waals surface area contributed by atoms with Gasteiger partial charge in [-0.2, -0.15) is 0 Å². The molecule has 0 saturated heterocycles. The highest BCUT2D eigenvalue weighted by Crippen LogP contribution is 1.86. The predicted molar refractivity (Wildman–Crippen MR) is 38.2 cm³/mol. The molecule has 0 heterocycles. The number of rotatable bonds is 2. The van der Waals surface area contributed by atoms with Gasteiger partial charge in [-0.25, -0.2) is 0 Å². The first kappa shape index (κ1) is 7.41. The van der Waals surface area contributed by atoms with Crippen LogP contribution in [-0.4, -0.2) is 6.21 Å². The standard InChI is InChI=1S/C7H13N/c1-4-5-8-6-7(2)3/h5-6H,4H2,1-3H3. The Bertz CT molecular complexity index is 97.0.